The van der Waals surface area contributed by atoms with E-state index < -0.39 is 42.2 Å². The lowest BCUT2D eigenvalue weighted by molar-refractivity contribution is -0.150. The first-order chi connectivity index (χ1) is 15.7. The summed E-state index contributed by atoms with van der Waals surface area (Å²) in [5.41, 5.74) is 5.85. The standard InChI is InChI=1S/C21H19F3N4O5/c22-11-1-4-15(33-21(23)24)14(8-11)28-5-6-32-17(20(28)31)16(29)19(30)27-12-2-3-13-10(7-12)9-26-18(13)25/h1-4,7-9,16-17,21,26,29H,5-6,25H2,(H,27,30)/t16-,17-/m1/s1. The van der Waals surface area contributed by atoms with Gasteiger partial charge in [0.25, 0.3) is 11.8 Å². The van der Waals surface area contributed by atoms with Gasteiger partial charge in [0, 0.05) is 35.3 Å². The average Bonchev–Trinajstić information content (AvgIpc) is 3.14. The first kappa shape index (κ1) is 22.4. The minimum absolute atomic E-state index is 0.127. The smallest absolute Gasteiger partial charge is 0.387 e. The van der Waals surface area contributed by atoms with Gasteiger partial charge in [-0.1, -0.05) is 0 Å². The number of anilines is 3. The van der Waals surface area contributed by atoms with Crippen molar-refractivity contribution in [3.8, 4) is 5.75 Å². The van der Waals surface area contributed by atoms with Gasteiger partial charge in [-0.25, -0.2) is 4.39 Å². The normalized spacial score (nSPS) is 17.4. The number of ether oxygens (including phenoxy) is 2. The molecule has 1 aliphatic rings. The van der Waals surface area contributed by atoms with Crippen LogP contribution in [0.2, 0.25) is 0 Å². The minimum Gasteiger partial charge on any atom is -0.433 e. The van der Waals surface area contributed by atoms with Gasteiger partial charge in [-0.05, 0) is 30.3 Å². The van der Waals surface area contributed by atoms with Crippen molar-refractivity contribution >= 4 is 39.8 Å². The highest BCUT2D eigenvalue weighted by molar-refractivity contribution is 6.05. The van der Waals surface area contributed by atoms with Crippen molar-refractivity contribution in [1.82, 2.24) is 4.98 Å². The van der Waals surface area contributed by atoms with Crippen LogP contribution in [0.15, 0.2) is 42.6 Å². The molecule has 2 atom stereocenters. The number of aromatic amines is 1. The van der Waals surface area contributed by atoms with Crippen molar-refractivity contribution < 1.29 is 37.3 Å². The second-order valence-corrected chi connectivity index (χ2v) is 7.21. The second kappa shape index (κ2) is 9.00. The Morgan fingerprint density at radius 3 is 2.85 bits per heavy atom. The van der Waals surface area contributed by atoms with Gasteiger partial charge in [0.2, 0.25) is 0 Å². The van der Waals surface area contributed by atoms with Gasteiger partial charge in [0.1, 0.15) is 17.4 Å². The Bertz CT molecular complexity index is 1200. The Labute approximate surface area is 184 Å². The molecule has 0 radical (unpaired) electrons. The molecule has 12 heteroatoms. The summed E-state index contributed by atoms with van der Waals surface area (Å²) in [4.78, 5) is 29.3. The Morgan fingerprint density at radius 2 is 2.09 bits per heavy atom. The number of H-pyrrole nitrogens is 1. The van der Waals surface area contributed by atoms with Crippen LogP contribution in [0.3, 0.4) is 0 Å². The molecule has 1 saturated heterocycles. The Hall–Kier alpha value is -3.77. The molecule has 0 aliphatic carbocycles. The maximum Gasteiger partial charge on any atom is 0.387 e. The van der Waals surface area contributed by atoms with Crippen LogP contribution in [0.25, 0.3) is 10.8 Å². The predicted octanol–water partition coefficient (Wildman–Crippen LogP) is 2.22. The average molecular weight is 464 g/mol. The number of nitrogens with one attached hydrogen (secondary N) is 2. The van der Waals surface area contributed by atoms with Crippen LogP contribution in [0.4, 0.5) is 30.4 Å². The Kier molecular flexibility index (Phi) is 6.11. The number of benzene rings is 2. The van der Waals surface area contributed by atoms with E-state index in [4.69, 9.17) is 10.5 Å². The van der Waals surface area contributed by atoms with E-state index in [-0.39, 0.29) is 18.8 Å². The third-order valence-electron chi connectivity index (χ3n) is 5.10. The topological polar surface area (TPSA) is 130 Å². The van der Waals surface area contributed by atoms with Crippen LogP contribution in [0.1, 0.15) is 0 Å². The molecule has 174 valence electrons. The molecule has 0 unspecified atom stereocenters. The zero-order valence-corrected chi connectivity index (χ0v) is 16.9. The summed E-state index contributed by atoms with van der Waals surface area (Å²) in [5.74, 6) is -2.61. The molecule has 4 rings (SSSR count). The van der Waals surface area contributed by atoms with Crippen LogP contribution in [0.5, 0.6) is 5.75 Å². The number of carbonyl (C=O) groups excluding carboxylic acids is 2. The molecule has 33 heavy (non-hydrogen) atoms. The van der Waals surface area contributed by atoms with Crippen LogP contribution >= 0.6 is 0 Å². The van der Waals surface area contributed by atoms with Crippen molar-refractivity contribution in [3.63, 3.8) is 0 Å². The molecule has 0 bridgehead atoms. The monoisotopic (exact) mass is 464 g/mol. The number of hydrogen-bond donors (Lipinski definition) is 4. The first-order valence-electron chi connectivity index (χ1n) is 9.77. The van der Waals surface area contributed by atoms with E-state index in [1.165, 1.54) is 0 Å². The van der Waals surface area contributed by atoms with Crippen molar-refractivity contribution in [3.05, 3.63) is 48.4 Å². The highest BCUT2D eigenvalue weighted by Gasteiger charge is 2.40. The number of nitrogens with two attached hydrogens (primary N) is 1. The van der Waals surface area contributed by atoms with Crippen LogP contribution in [-0.2, 0) is 14.3 Å². The summed E-state index contributed by atoms with van der Waals surface area (Å²) in [7, 11) is 0. The molecular formula is C21H19F3N4O5. The number of aliphatic hydroxyl groups excluding tert-OH is 1. The van der Waals surface area contributed by atoms with Gasteiger partial charge in [-0.2, -0.15) is 8.78 Å². The molecule has 1 aliphatic heterocycles. The second-order valence-electron chi connectivity index (χ2n) is 7.21. The number of carbonyl (C=O) groups is 2. The number of nitrogens with zero attached hydrogens (tertiary/aromatic N) is 1. The molecule has 1 aromatic heterocycles. The fourth-order valence-electron chi connectivity index (χ4n) is 3.56. The zero-order chi connectivity index (χ0) is 23.7. The van der Waals surface area contributed by atoms with Gasteiger partial charge >= 0.3 is 6.61 Å². The van der Waals surface area contributed by atoms with E-state index in [0.29, 0.717) is 16.9 Å². The summed E-state index contributed by atoms with van der Waals surface area (Å²) in [6, 6.07) is 7.56. The SMILES string of the molecule is Nc1[nH]cc2cc(NC(=O)[C@H](O)[C@H]3OCCN(c4cc(F)ccc4OC(F)F)C3=O)ccc12. The van der Waals surface area contributed by atoms with Gasteiger partial charge in [-0.3, -0.25) is 9.59 Å². The minimum atomic E-state index is -3.20. The Morgan fingerprint density at radius 1 is 1.30 bits per heavy atom. The summed E-state index contributed by atoms with van der Waals surface area (Å²) in [5, 5.41) is 14.4. The van der Waals surface area contributed by atoms with E-state index in [1.807, 2.05) is 0 Å². The fraction of sp³-hybridized carbons (Fsp3) is 0.238. The molecule has 5 N–H and O–H groups in total. The Balaban J connectivity index is 1.52. The van der Waals surface area contributed by atoms with Crippen molar-refractivity contribution in [2.45, 2.75) is 18.8 Å². The number of nitrogen functional groups attached to an aromatic ring is 1. The van der Waals surface area contributed by atoms with E-state index >= 15 is 0 Å². The molecule has 2 aromatic carbocycles. The third kappa shape index (κ3) is 4.56. The largest absolute Gasteiger partial charge is 0.433 e. The molecule has 0 spiro atoms. The van der Waals surface area contributed by atoms with Gasteiger partial charge in [0.05, 0.1) is 12.3 Å². The van der Waals surface area contributed by atoms with Crippen molar-refractivity contribution in [2.24, 2.45) is 0 Å². The summed E-state index contributed by atoms with van der Waals surface area (Å²) in [6.45, 7) is -3.47. The lowest BCUT2D eigenvalue weighted by Crippen LogP contribution is -2.55. The maximum atomic E-state index is 13.8. The lowest BCUT2D eigenvalue weighted by atomic mass is 10.1. The number of amides is 2. The van der Waals surface area contributed by atoms with E-state index in [0.717, 1.165) is 28.5 Å². The van der Waals surface area contributed by atoms with Crippen LogP contribution < -0.4 is 20.7 Å². The molecular weight excluding hydrogens is 445 g/mol. The molecule has 1 fully saturated rings. The first-order valence-corrected chi connectivity index (χ1v) is 9.77. The molecule has 0 saturated carbocycles. The zero-order valence-electron chi connectivity index (χ0n) is 16.9. The van der Waals surface area contributed by atoms with Gasteiger partial charge in [0.15, 0.2) is 12.2 Å². The predicted molar refractivity (Wildman–Crippen MR) is 112 cm³/mol. The number of alkyl halides is 2. The number of aliphatic hydroxyl groups is 1. The number of hydrogen-bond acceptors (Lipinski definition) is 6. The van der Waals surface area contributed by atoms with E-state index in [9.17, 15) is 27.9 Å². The highest BCUT2D eigenvalue weighted by atomic mass is 19.3. The quantitative estimate of drug-likeness (QED) is 0.443. The van der Waals surface area contributed by atoms with Gasteiger partial charge < -0.3 is 35.5 Å². The van der Waals surface area contributed by atoms with E-state index in [2.05, 4.69) is 15.0 Å². The number of morpholine rings is 1. The molecule has 3 aromatic rings. The highest BCUT2D eigenvalue weighted by Crippen LogP contribution is 2.33. The van der Waals surface area contributed by atoms with Crippen molar-refractivity contribution in [1.29, 1.82) is 0 Å². The summed E-state index contributed by atoms with van der Waals surface area (Å²) >= 11 is 0. The number of rotatable bonds is 6. The molecule has 9 nitrogen and oxygen atoms in total. The fourth-order valence-corrected chi connectivity index (χ4v) is 3.56. The number of fused-ring (bicyclic) bond motifs is 1. The van der Waals surface area contributed by atoms with Crippen molar-refractivity contribution in [2.75, 3.05) is 29.1 Å². The summed E-state index contributed by atoms with van der Waals surface area (Å²) < 4.78 is 48.9. The number of halogens is 3. The van der Waals surface area contributed by atoms with Crippen LogP contribution in [-0.4, -0.2) is 53.9 Å². The summed E-state index contributed by atoms with van der Waals surface area (Å²) in [6.07, 6.45) is -1.94. The van der Waals surface area contributed by atoms with Gasteiger partial charge in [-0.15, -0.1) is 0 Å². The van der Waals surface area contributed by atoms with E-state index in [1.54, 1.807) is 24.4 Å². The van der Waals surface area contributed by atoms with Crippen LogP contribution in [0, 0.1) is 5.82 Å². The lowest BCUT2D eigenvalue weighted by Gasteiger charge is -2.34. The molecule has 2 amide bonds. The molecule has 2 heterocycles. The number of aromatic nitrogens is 1. The maximum absolute atomic E-state index is 13.8. The third-order valence-corrected chi connectivity index (χ3v) is 5.10.